The summed E-state index contributed by atoms with van der Waals surface area (Å²) in [5.41, 5.74) is 15.5. The fourth-order valence-corrected chi connectivity index (χ4v) is 16.7. The molecule has 2 nitrogen and oxygen atoms in total. The van der Waals surface area contributed by atoms with E-state index in [1.165, 1.54) is 45.4 Å². The van der Waals surface area contributed by atoms with Gasteiger partial charge in [0.15, 0.2) is 0 Å². The Kier molecular flexibility index (Phi) is 15.2. The molecule has 298 valence electrons. The van der Waals surface area contributed by atoms with E-state index in [2.05, 4.69) is 161 Å². The molecule has 6 heteroatoms. The van der Waals surface area contributed by atoms with Gasteiger partial charge in [-0.2, -0.15) is 0 Å². The van der Waals surface area contributed by atoms with Gasteiger partial charge in [0, 0.05) is 0 Å². The Morgan fingerprint density at radius 3 is 1.59 bits per heavy atom. The van der Waals surface area contributed by atoms with Crippen LogP contribution in [0.5, 0.6) is 11.5 Å². The zero-order chi connectivity index (χ0) is 39.3. The third kappa shape index (κ3) is 9.00. The molecule has 0 bridgehead atoms. The molecule has 0 fully saturated rings. The van der Waals surface area contributed by atoms with E-state index >= 15 is 0 Å². The van der Waals surface area contributed by atoms with Gasteiger partial charge in [-0.05, 0) is 0 Å². The first-order valence-corrected chi connectivity index (χ1v) is 25.6. The van der Waals surface area contributed by atoms with Crippen molar-refractivity contribution in [2.24, 2.45) is 17.8 Å². The molecule has 2 aliphatic carbocycles. The van der Waals surface area contributed by atoms with Crippen LogP contribution in [0.2, 0.25) is 13.1 Å². The number of hydrogen-bond acceptors (Lipinski definition) is 2. The van der Waals surface area contributed by atoms with Gasteiger partial charge in [-0.1, -0.05) is 0 Å². The topological polar surface area (TPSA) is 18.5 Å². The van der Waals surface area contributed by atoms with Crippen LogP contribution in [0.3, 0.4) is 0 Å². The van der Waals surface area contributed by atoms with Gasteiger partial charge in [0.2, 0.25) is 0 Å². The third-order valence-corrected chi connectivity index (χ3v) is 18.3. The maximum absolute atomic E-state index is 6.52. The molecular weight excluding hydrogens is 823 g/mol. The normalized spacial score (nSPS) is 17.5. The van der Waals surface area contributed by atoms with Crippen molar-refractivity contribution < 1.29 is 57.5 Å². The van der Waals surface area contributed by atoms with E-state index < -0.39 is 31.6 Å². The van der Waals surface area contributed by atoms with E-state index in [4.69, 9.17) is 9.47 Å². The van der Waals surface area contributed by atoms with Crippen LogP contribution in [-0.2, 0) is 34.1 Å². The average Bonchev–Trinajstić information content (AvgIpc) is 3.59. The van der Waals surface area contributed by atoms with Crippen LogP contribution in [0.25, 0.3) is 28.3 Å². The van der Waals surface area contributed by atoms with Crippen molar-refractivity contribution in [2.45, 2.75) is 113 Å². The molecule has 3 atom stereocenters. The summed E-state index contributed by atoms with van der Waals surface area (Å²) in [6.45, 7) is 28.9. The number of fused-ring (bicyclic) bond motifs is 2. The third-order valence-electron chi connectivity index (χ3n) is 11.5. The molecule has 4 aromatic carbocycles. The molecule has 3 unspecified atom stereocenters. The van der Waals surface area contributed by atoms with Gasteiger partial charge in [0.05, 0.1) is 0 Å². The monoisotopic (exact) mass is 884 g/mol. The van der Waals surface area contributed by atoms with Crippen LogP contribution >= 0.6 is 0 Å². The molecule has 6 rings (SSSR count). The molecule has 0 amide bonds. The predicted molar refractivity (Wildman–Crippen MR) is 232 cm³/mol. The van der Waals surface area contributed by atoms with Gasteiger partial charge in [0.1, 0.15) is 0 Å². The molecule has 56 heavy (non-hydrogen) atoms. The number of ether oxygens (including phenoxy) is 2. The fourth-order valence-electron chi connectivity index (χ4n) is 9.28. The Labute approximate surface area is 365 Å². The van der Waals surface area contributed by atoms with Crippen molar-refractivity contribution in [3.8, 4) is 33.8 Å². The minimum atomic E-state index is -1.23. The molecule has 0 heterocycles. The van der Waals surface area contributed by atoms with Crippen molar-refractivity contribution >= 4 is 19.7 Å². The Morgan fingerprint density at radius 1 is 0.661 bits per heavy atom. The first-order valence-electron chi connectivity index (χ1n) is 20.2. The SMILES string of the molecule is COc1c(C(C)(C)C)cc2c(c1-c1ccccc1)C=C(CC(C)C)[CH]2[Zr+2][CH]1c2cc(C(C)(C)C)c(OC)c(-c3ccccc3)c2C(=[Si](C)C)C1CC(C)C.[Cl-].[Cl-]. The summed E-state index contributed by atoms with van der Waals surface area (Å²) in [4.78, 5) is 0. The van der Waals surface area contributed by atoms with Gasteiger partial charge < -0.3 is 24.8 Å². The second-order valence-electron chi connectivity index (χ2n) is 18.9. The van der Waals surface area contributed by atoms with Gasteiger partial charge in [-0.3, -0.25) is 0 Å². The molecule has 0 N–H and O–H groups in total. The summed E-state index contributed by atoms with van der Waals surface area (Å²) in [6.07, 6.45) is 4.99. The second kappa shape index (κ2) is 18.4. The Morgan fingerprint density at radius 2 is 1.14 bits per heavy atom. The van der Waals surface area contributed by atoms with Gasteiger partial charge in [-0.25, -0.2) is 0 Å². The van der Waals surface area contributed by atoms with Crippen LogP contribution in [0.4, 0.5) is 0 Å². The fraction of sp³-hybridized carbons (Fsp3) is 0.460. The minimum absolute atomic E-state index is 0. The summed E-state index contributed by atoms with van der Waals surface area (Å²) in [7, 11) is 2.97. The Bertz CT molecular complexity index is 2070. The Hall–Kier alpha value is -2.23. The van der Waals surface area contributed by atoms with Crippen molar-refractivity contribution in [1.82, 2.24) is 0 Å². The maximum atomic E-state index is 6.52. The number of methoxy groups -OCH3 is 2. The molecule has 0 aliphatic heterocycles. The van der Waals surface area contributed by atoms with E-state index in [9.17, 15) is 0 Å². The van der Waals surface area contributed by atoms with Gasteiger partial charge in [-0.15, -0.1) is 0 Å². The molecule has 0 saturated carbocycles. The standard InChI is InChI=1S/C26H35OSi.C24H29O.2ClH.Zr/c1-17(2)14-20-15-19-16-21(26(3,4)5)24(27-6)22(18-12-10-9-11-13-18)23(19)25(20)28(7)8;1-16(2)12-17-13-19-15-21(24(3,4)5)23(25-6)22(20(19)14-17)18-10-8-7-9-11-18;;;/h9-13,15-17,20H,14H2,1-8H3;7-11,13-16H,12H2,1-6H3;2*1H;/q;;;;+2/p-2. The Balaban J connectivity index is 0.00000348. The number of hydrogen-bond donors (Lipinski definition) is 0. The summed E-state index contributed by atoms with van der Waals surface area (Å²) in [5.74, 6) is 3.88. The molecule has 0 saturated heterocycles. The van der Waals surface area contributed by atoms with E-state index in [1.54, 1.807) is 27.4 Å². The molecule has 0 aromatic heterocycles. The molecule has 2 aliphatic rings. The van der Waals surface area contributed by atoms with Crippen molar-refractivity contribution in [3.63, 3.8) is 0 Å². The quantitative estimate of drug-likeness (QED) is 0.154. The summed E-state index contributed by atoms with van der Waals surface area (Å²) >= 11 is -1.23. The van der Waals surface area contributed by atoms with Crippen LogP contribution in [-0.4, -0.2) is 27.8 Å². The predicted octanol–water partition coefficient (Wildman–Crippen LogP) is 7.48. The van der Waals surface area contributed by atoms with E-state index in [-0.39, 0.29) is 35.6 Å². The van der Waals surface area contributed by atoms with Crippen LogP contribution in [0.1, 0.15) is 123 Å². The number of rotatable bonds is 10. The first-order chi connectivity index (χ1) is 25.5. The van der Waals surface area contributed by atoms with Crippen molar-refractivity contribution in [3.05, 3.63) is 112 Å². The van der Waals surface area contributed by atoms with Crippen LogP contribution in [0.15, 0.2) is 78.4 Å². The second-order valence-corrected chi connectivity index (χ2v) is 25.2. The zero-order valence-corrected chi connectivity index (χ0v) is 41.3. The number of allylic oxidation sites excluding steroid dienone is 1. The molecule has 0 radical (unpaired) electrons. The largest absolute Gasteiger partial charge is 1.00 e. The van der Waals surface area contributed by atoms with Gasteiger partial charge in [0.25, 0.3) is 0 Å². The van der Waals surface area contributed by atoms with Crippen molar-refractivity contribution in [1.29, 1.82) is 0 Å². The van der Waals surface area contributed by atoms with Crippen LogP contribution in [0, 0.1) is 17.8 Å². The molecular formula is C50H64Cl2O2SiZr. The summed E-state index contributed by atoms with van der Waals surface area (Å²) in [6, 6.07) is 27.4. The van der Waals surface area contributed by atoms with Crippen molar-refractivity contribution in [2.75, 3.05) is 14.2 Å². The average molecular weight is 887 g/mol. The number of halogens is 2. The van der Waals surface area contributed by atoms with Crippen LogP contribution < -0.4 is 34.3 Å². The minimum Gasteiger partial charge on any atom is -1.00 e. The first kappa shape index (κ1) is 46.5. The van der Waals surface area contributed by atoms with Gasteiger partial charge >= 0.3 is 343 Å². The van der Waals surface area contributed by atoms with E-state index in [1.807, 2.05) is 14.2 Å². The zero-order valence-electron chi connectivity index (χ0n) is 36.4. The smallest absolute Gasteiger partial charge is 1.00 e. The number of benzene rings is 4. The maximum Gasteiger partial charge on any atom is -1.00 e. The molecule has 4 aromatic rings. The summed E-state index contributed by atoms with van der Waals surface area (Å²) < 4.78 is 14.0. The summed E-state index contributed by atoms with van der Waals surface area (Å²) in [5, 5.41) is 1.76. The molecule has 0 spiro atoms. The van der Waals surface area contributed by atoms with E-state index in [0.717, 1.165) is 17.9 Å². The van der Waals surface area contributed by atoms with E-state index in [0.29, 0.717) is 25.0 Å².